The Bertz CT molecular complexity index is 464. The third-order valence-corrected chi connectivity index (χ3v) is 2.27. The molecule has 0 aliphatic heterocycles. The highest BCUT2D eigenvalue weighted by molar-refractivity contribution is 5.67. The zero-order chi connectivity index (χ0) is 15.0. The fourth-order valence-electron chi connectivity index (χ4n) is 1.48. The van der Waals surface area contributed by atoms with Gasteiger partial charge in [-0.15, -0.1) is 0 Å². The summed E-state index contributed by atoms with van der Waals surface area (Å²) in [5.74, 6) is 0.587. The smallest absolute Gasteiger partial charge is 0.407 e. The Kier molecular flexibility index (Phi) is 6.03. The Morgan fingerprint density at radius 3 is 2.85 bits per heavy atom. The monoisotopic (exact) mass is 278 g/mol. The van der Waals surface area contributed by atoms with Crippen LogP contribution in [0.15, 0.2) is 24.4 Å². The molecule has 0 saturated carbocycles. The molecule has 1 rings (SSSR count). The van der Waals surface area contributed by atoms with Crippen molar-refractivity contribution < 1.29 is 14.3 Å². The summed E-state index contributed by atoms with van der Waals surface area (Å²) < 4.78 is 10.3. The highest BCUT2D eigenvalue weighted by Crippen LogP contribution is 2.15. The van der Waals surface area contributed by atoms with Gasteiger partial charge in [0.15, 0.2) is 0 Å². The predicted molar refractivity (Wildman–Crippen MR) is 78.7 cm³/mol. The molecular formula is C15H22N2O3. The zero-order valence-corrected chi connectivity index (χ0v) is 12.5. The average molecular weight is 278 g/mol. The molecule has 5 heteroatoms. The molecule has 1 aromatic rings. The highest BCUT2D eigenvalue weighted by atomic mass is 16.6. The zero-order valence-electron chi connectivity index (χ0n) is 12.5. The first kappa shape index (κ1) is 16.0. The van der Waals surface area contributed by atoms with E-state index < -0.39 is 11.7 Å². The molecule has 20 heavy (non-hydrogen) atoms. The Morgan fingerprint density at radius 2 is 2.20 bits per heavy atom. The van der Waals surface area contributed by atoms with Crippen molar-refractivity contribution >= 4 is 12.2 Å². The number of alkyl carbamates (subject to hydrolysis) is 1. The maximum atomic E-state index is 11.4. The fourth-order valence-corrected chi connectivity index (χ4v) is 1.48. The summed E-state index contributed by atoms with van der Waals surface area (Å²) in [7, 11) is 1.59. The molecule has 0 saturated heterocycles. The van der Waals surface area contributed by atoms with Gasteiger partial charge in [0.1, 0.15) is 5.60 Å². The predicted octanol–water partition coefficient (Wildman–Crippen LogP) is 3.02. The van der Waals surface area contributed by atoms with Gasteiger partial charge in [0, 0.05) is 18.3 Å². The molecule has 0 bridgehead atoms. The lowest BCUT2D eigenvalue weighted by Gasteiger charge is -2.19. The first-order chi connectivity index (χ1) is 9.42. The third-order valence-electron chi connectivity index (χ3n) is 2.27. The number of ether oxygens (including phenoxy) is 2. The van der Waals surface area contributed by atoms with E-state index in [1.165, 1.54) is 0 Å². The van der Waals surface area contributed by atoms with E-state index in [0.29, 0.717) is 18.8 Å². The molecule has 1 heterocycles. The van der Waals surface area contributed by atoms with E-state index in [1.807, 2.05) is 45.1 Å². The van der Waals surface area contributed by atoms with Gasteiger partial charge in [0.05, 0.1) is 7.11 Å². The number of aromatic nitrogens is 1. The van der Waals surface area contributed by atoms with Crippen LogP contribution in [0.1, 0.15) is 32.8 Å². The number of hydrogen-bond acceptors (Lipinski definition) is 4. The summed E-state index contributed by atoms with van der Waals surface area (Å²) in [5, 5.41) is 2.69. The molecule has 0 aliphatic rings. The Labute approximate surface area is 120 Å². The summed E-state index contributed by atoms with van der Waals surface area (Å²) >= 11 is 0. The standard InChI is InChI=1S/C15H22N2O3/c1-15(2,3)20-14(18)17-10-6-5-8-12-9-7-11-16-13(12)19-4/h5,7-9,11H,6,10H2,1-4H3,(H,17,18). The summed E-state index contributed by atoms with van der Waals surface area (Å²) in [4.78, 5) is 15.5. The number of carbonyl (C=O) groups excluding carboxylic acids is 1. The molecule has 0 spiro atoms. The molecule has 5 nitrogen and oxygen atoms in total. The van der Waals surface area contributed by atoms with Crippen molar-refractivity contribution in [3.8, 4) is 5.88 Å². The lowest BCUT2D eigenvalue weighted by molar-refractivity contribution is 0.0529. The topological polar surface area (TPSA) is 60.5 Å². The van der Waals surface area contributed by atoms with E-state index in [0.717, 1.165) is 5.56 Å². The Hall–Kier alpha value is -2.04. The molecular weight excluding hydrogens is 256 g/mol. The van der Waals surface area contributed by atoms with Crippen LogP contribution in [0, 0.1) is 0 Å². The Balaban J connectivity index is 2.34. The van der Waals surface area contributed by atoms with E-state index in [1.54, 1.807) is 13.3 Å². The van der Waals surface area contributed by atoms with Crippen LogP contribution >= 0.6 is 0 Å². The Morgan fingerprint density at radius 1 is 1.45 bits per heavy atom. The lowest BCUT2D eigenvalue weighted by atomic mass is 10.2. The van der Waals surface area contributed by atoms with Gasteiger partial charge in [0.2, 0.25) is 5.88 Å². The average Bonchev–Trinajstić information content (AvgIpc) is 2.36. The molecule has 0 atom stereocenters. The number of methoxy groups -OCH3 is 1. The minimum Gasteiger partial charge on any atom is -0.481 e. The van der Waals surface area contributed by atoms with Gasteiger partial charge in [-0.2, -0.15) is 0 Å². The largest absolute Gasteiger partial charge is 0.481 e. The van der Waals surface area contributed by atoms with Gasteiger partial charge >= 0.3 is 6.09 Å². The maximum Gasteiger partial charge on any atom is 0.407 e. The molecule has 1 aromatic heterocycles. The molecule has 0 aromatic carbocycles. The van der Waals surface area contributed by atoms with E-state index in [4.69, 9.17) is 9.47 Å². The summed E-state index contributed by atoms with van der Waals surface area (Å²) in [5.41, 5.74) is 0.440. The molecule has 1 amide bonds. The summed E-state index contributed by atoms with van der Waals surface area (Å²) in [6.07, 6.45) is 5.86. The second-order valence-electron chi connectivity index (χ2n) is 5.22. The number of nitrogens with zero attached hydrogens (tertiary/aromatic N) is 1. The summed E-state index contributed by atoms with van der Waals surface area (Å²) in [6.45, 7) is 6.03. The van der Waals surface area contributed by atoms with Gasteiger partial charge in [-0.3, -0.25) is 0 Å². The van der Waals surface area contributed by atoms with Crippen molar-refractivity contribution in [1.29, 1.82) is 0 Å². The second-order valence-corrected chi connectivity index (χ2v) is 5.22. The molecule has 1 N–H and O–H groups in total. The van der Waals surface area contributed by atoms with Crippen LogP contribution in [0.5, 0.6) is 5.88 Å². The normalized spacial score (nSPS) is 11.4. The number of amides is 1. The maximum absolute atomic E-state index is 11.4. The van der Waals surface area contributed by atoms with Crippen LogP contribution in [0.4, 0.5) is 4.79 Å². The van der Waals surface area contributed by atoms with E-state index >= 15 is 0 Å². The SMILES string of the molecule is COc1ncccc1C=CCCNC(=O)OC(C)(C)C. The quantitative estimate of drug-likeness (QED) is 0.841. The van der Waals surface area contributed by atoms with Gasteiger partial charge in [-0.1, -0.05) is 12.2 Å². The van der Waals surface area contributed by atoms with Crippen molar-refractivity contribution in [2.24, 2.45) is 0 Å². The molecule has 0 unspecified atom stereocenters. The van der Waals surface area contributed by atoms with Crippen LogP contribution in [0.2, 0.25) is 0 Å². The van der Waals surface area contributed by atoms with Crippen LogP contribution in [-0.2, 0) is 4.74 Å². The number of hydrogen-bond donors (Lipinski definition) is 1. The van der Waals surface area contributed by atoms with E-state index in [-0.39, 0.29) is 0 Å². The van der Waals surface area contributed by atoms with Crippen LogP contribution in [-0.4, -0.2) is 30.3 Å². The number of carbonyl (C=O) groups is 1. The highest BCUT2D eigenvalue weighted by Gasteiger charge is 2.15. The van der Waals surface area contributed by atoms with Crippen molar-refractivity contribution in [1.82, 2.24) is 10.3 Å². The van der Waals surface area contributed by atoms with E-state index in [2.05, 4.69) is 10.3 Å². The minimum absolute atomic E-state index is 0.398. The minimum atomic E-state index is -0.469. The second kappa shape index (κ2) is 7.53. The van der Waals surface area contributed by atoms with Gasteiger partial charge in [0.25, 0.3) is 0 Å². The lowest BCUT2D eigenvalue weighted by Crippen LogP contribution is -2.32. The third kappa shape index (κ3) is 6.22. The van der Waals surface area contributed by atoms with Crippen molar-refractivity contribution in [3.05, 3.63) is 30.0 Å². The molecule has 0 fully saturated rings. The fraction of sp³-hybridized carbons (Fsp3) is 0.467. The molecule has 0 radical (unpaired) electrons. The van der Waals surface area contributed by atoms with Crippen molar-refractivity contribution in [3.63, 3.8) is 0 Å². The number of nitrogens with one attached hydrogen (secondary N) is 1. The molecule has 0 aliphatic carbocycles. The number of rotatable bonds is 5. The van der Waals surface area contributed by atoms with Gasteiger partial charge < -0.3 is 14.8 Å². The van der Waals surface area contributed by atoms with Crippen molar-refractivity contribution in [2.45, 2.75) is 32.8 Å². The van der Waals surface area contributed by atoms with Crippen LogP contribution in [0.3, 0.4) is 0 Å². The van der Waals surface area contributed by atoms with Gasteiger partial charge in [-0.05, 0) is 39.3 Å². The molecule has 110 valence electrons. The summed E-state index contributed by atoms with van der Waals surface area (Å²) in [6, 6.07) is 3.77. The van der Waals surface area contributed by atoms with Crippen LogP contribution in [0.25, 0.3) is 6.08 Å². The van der Waals surface area contributed by atoms with Gasteiger partial charge in [-0.25, -0.2) is 9.78 Å². The first-order valence-electron chi connectivity index (χ1n) is 6.55. The van der Waals surface area contributed by atoms with E-state index in [9.17, 15) is 4.79 Å². The van der Waals surface area contributed by atoms with Crippen molar-refractivity contribution in [2.75, 3.05) is 13.7 Å². The first-order valence-corrected chi connectivity index (χ1v) is 6.55. The number of pyridine rings is 1. The van der Waals surface area contributed by atoms with Crippen LogP contribution < -0.4 is 10.1 Å².